The second kappa shape index (κ2) is 9.22. The highest BCUT2D eigenvalue weighted by Crippen LogP contribution is 2.29. The summed E-state index contributed by atoms with van der Waals surface area (Å²) in [7, 11) is 3.06. The average molecular weight is 339 g/mol. The molecule has 0 saturated heterocycles. The lowest BCUT2D eigenvalue weighted by Crippen LogP contribution is -2.18. The Hall–Kier alpha value is -1.86. The molecule has 1 rings (SSSR count). The van der Waals surface area contributed by atoms with Crippen LogP contribution in [0.1, 0.15) is 12.5 Å². The van der Waals surface area contributed by atoms with Crippen LogP contribution in [0, 0.1) is 0 Å². The molecule has 22 heavy (non-hydrogen) atoms. The van der Waals surface area contributed by atoms with Crippen molar-refractivity contribution in [2.24, 2.45) is 0 Å². The standard InChI is InChI=1S/C15H17NO4S2/c1-10(17)8-20-12-5-4-11(6-13(12)19-3)7-14(22-9-21)15(18)16-2/h4-7,9H,8H2,1-3H3,(H,16,18)/b14-7-. The molecule has 0 aliphatic heterocycles. The van der Waals surface area contributed by atoms with Crippen molar-refractivity contribution in [2.45, 2.75) is 6.92 Å². The average Bonchev–Trinajstić information content (AvgIpc) is 2.52. The van der Waals surface area contributed by atoms with Gasteiger partial charge in [-0.1, -0.05) is 30.0 Å². The van der Waals surface area contributed by atoms with Crippen molar-refractivity contribution in [3.63, 3.8) is 0 Å². The second-order valence-electron chi connectivity index (χ2n) is 4.20. The normalized spacial score (nSPS) is 10.8. The van der Waals surface area contributed by atoms with Crippen molar-refractivity contribution in [1.82, 2.24) is 5.32 Å². The van der Waals surface area contributed by atoms with Crippen LogP contribution in [0.2, 0.25) is 0 Å². The van der Waals surface area contributed by atoms with Crippen molar-refractivity contribution in [2.75, 3.05) is 20.8 Å². The van der Waals surface area contributed by atoms with E-state index in [9.17, 15) is 9.59 Å². The number of benzene rings is 1. The smallest absolute Gasteiger partial charge is 0.257 e. The first-order valence-electron chi connectivity index (χ1n) is 6.36. The fraction of sp³-hybridized carbons (Fsp3) is 0.267. The van der Waals surface area contributed by atoms with Crippen LogP contribution in [-0.2, 0) is 9.59 Å². The molecule has 0 unspecified atom stereocenters. The fourth-order valence-electron chi connectivity index (χ4n) is 1.55. The molecular formula is C15H17NO4S2. The highest BCUT2D eigenvalue weighted by molar-refractivity contribution is 8.24. The van der Waals surface area contributed by atoms with Crippen LogP contribution in [0.15, 0.2) is 23.1 Å². The lowest BCUT2D eigenvalue weighted by Gasteiger charge is -2.10. The number of nitrogens with one attached hydrogen (secondary N) is 1. The van der Waals surface area contributed by atoms with Crippen LogP contribution in [0.4, 0.5) is 0 Å². The first-order valence-corrected chi connectivity index (χ1v) is 7.71. The fourth-order valence-corrected chi connectivity index (χ4v) is 2.38. The first kappa shape index (κ1) is 18.2. The van der Waals surface area contributed by atoms with Crippen LogP contribution in [0.5, 0.6) is 11.5 Å². The topological polar surface area (TPSA) is 64.6 Å². The van der Waals surface area contributed by atoms with E-state index in [1.165, 1.54) is 18.7 Å². The number of hydrogen-bond donors (Lipinski definition) is 1. The third kappa shape index (κ3) is 5.50. The Labute approximate surface area is 139 Å². The quantitative estimate of drug-likeness (QED) is 0.580. The molecule has 0 spiro atoms. The minimum absolute atomic E-state index is 0.0181. The zero-order chi connectivity index (χ0) is 16.5. The number of thioether (sulfide) groups is 1. The molecule has 0 bridgehead atoms. The van der Waals surface area contributed by atoms with Gasteiger partial charge >= 0.3 is 0 Å². The molecule has 0 fully saturated rings. The molecule has 0 heterocycles. The summed E-state index contributed by atoms with van der Waals surface area (Å²) in [4.78, 5) is 23.2. The maximum atomic E-state index is 11.7. The molecule has 0 aliphatic carbocycles. The predicted molar refractivity (Wildman–Crippen MR) is 92.5 cm³/mol. The summed E-state index contributed by atoms with van der Waals surface area (Å²) in [5.41, 5.74) is 0.759. The number of amides is 1. The number of hydrogen-bond acceptors (Lipinski definition) is 6. The number of ketones is 1. The summed E-state index contributed by atoms with van der Waals surface area (Å²) in [5.74, 6) is 0.657. The Morgan fingerprint density at radius 3 is 2.64 bits per heavy atom. The molecular weight excluding hydrogens is 322 g/mol. The summed E-state index contributed by atoms with van der Waals surface area (Å²) < 4.78 is 12.0. The third-order valence-corrected chi connectivity index (χ3v) is 3.48. The van der Waals surface area contributed by atoms with E-state index in [1.54, 1.807) is 31.3 Å². The van der Waals surface area contributed by atoms with Gasteiger partial charge in [0.1, 0.15) is 6.61 Å². The molecule has 0 aliphatic rings. The lowest BCUT2D eigenvalue weighted by atomic mass is 10.2. The highest BCUT2D eigenvalue weighted by atomic mass is 32.2. The van der Waals surface area contributed by atoms with E-state index in [-0.39, 0.29) is 18.3 Å². The number of thiocarbonyl (C=S) groups is 1. The van der Waals surface area contributed by atoms with Crippen LogP contribution in [0.3, 0.4) is 0 Å². The molecule has 118 valence electrons. The minimum Gasteiger partial charge on any atom is -0.493 e. The highest BCUT2D eigenvalue weighted by Gasteiger charge is 2.10. The molecule has 0 radical (unpaired) electrons. The van der Waals surface area contributed by atoms with Crippen molar-refractivity contribution in [1.29, 1.82) is 0 Å². The number of carbonyl (C=O) groups excluding carboxylic acids is 2. The first-order chi connectivity index (χ1) is 10.5. The molecule has 1 amide bonds. The number of ether oxygens (including phenoxy) is 2. The molecule has 5 nitrogen and oxygen atoms in total. The molecule has 7 heteroatoms. The van der Waals surface area contributed by atoms with Crippen LogP contribution in [0.25, 0.3) is 6.08 Å². The monoisotopic (exact) mass is 339 g/mol. The molecule has 1 N–H and O–H groups in total. The summed E-state index contributed by atoms with van der Waals surface area (Å²) in [5, 5.41) is 2.56. The molecule has 1 aromatic rings. The van der Waals surface area contributed by atoms with Crippen molar-refractivity contribution < 1.29 is 19.1 Å². The Morgan fingerprint density at radius 1 is 1.36 bits per heavy atom. The largest absolute Gasteiger partial charge is 0.493 e. The summed E-state index contributed by atoms with van der Waals surface area (Å²) in [6, 6.07) is 5.18. The van der Waals surface area contributed by atoms with Crippen LogP contribution in [-0.4, -0.2) is 37.2 Å². The van der Waals surface area contributed by atoms with Gasteiger partial charge in [-0.3, -0.25) is 9.59 Å². The van der Waals surface area contributed by atoms with E-state index in [2.05, 4.69) is 5.32 Å². The molecule has 0 saturated carbocycles. The van der Waals surface area contributed by atoms with Gasteiger partial charge in [0.15, 0.2) is 17.3 Å². The van der Waals surface area contributed by atoms with Crippen LogP contribution < -0.4 is 14.8 Å². The zero-order valence-corrected chi connectivity index (χ0v) is 14.2. The maximum absolute atomic E-state index is 11.7. The van der Waals surface area contributed by atoms with Gasteiger partial charge in [-0.2, -0.15) is 0 Å². The Morgan fingerprint density at radius 2 is 2.09 bits per heavy atom. The van der Waals surface area contributed by atoms with Gasteiger partial charge in [0.25, 0.3) is 5.91 Å². The summed E-state index contributed by atoms with van der Waals surface area (Å²) >= 11 is 5.94. The SMILES string of the molecule is CNC(=O)/C(=C/c1ccc(OCC(C)=O)c(OC)c1)SC=S. The van der Waals surface area contributed by atoms with Gasteiger partial charge < -0.3 is 14.8 Å². The molecule has 0 atom stereocenters. The minimum atomic E-state index is -0.220. The van der Waals surface area contributed by atoms with Gasteiger partial charge in [-0.05, 0) is 30.7 Å². The number of carbonyl (C=O) groups is 2. The van der Waals surface area contributed by atoms with E-state index in [1.807, 2.05) is 0 Å². The molecule has 1 aromatic carbocycles. The summed E-state index contributed by atoms with van der Waals surface area (Å²) in [6.45, 7) is 1.43. The van der Waals surface area contributed by atoms with Gasteiger partial charge in [0, 0.05) is 11.7 Å². The van der Waals surface area contributed by atoms with Crippen molar-refractivity contribution in [3.8, 4) is 11.5 Å². The van der Waals surface area contributed by atoms with Gasteiger partial charge in [-0.25, -0.2) is 0 Å². The van der Waals surface area contributed by atoms with E-state index >= 15 is 0 Å². The Bertz CT molecular complexity index is 599. The zero-order valence-electron chi connectivity index (χ0n) is 12.5. The predicted octanol–water partition coefficient (Wildman–Crippen LogP) is 2.44. The number of methoxy groups -OCH3 is 1. The van der Waals surface area contributed by atoms with Gasteiger partial charge in [0.2, 0.25) is 0 Å². The second-order valence-corrected chi connectivity index (χ2v) is 5.65. The molecule has 0 aromatic heterocycles. The van der Waals surface area contributed by atoms with Crippen molar-refractivity contribution >= 4 is 46.4 Å². The van der Waals surface area contributed by atoms with E-state index in [4.69, 9.17) is 21.7 Å². The third-order valence-electron chi connectivity index (χ3n) is 2.54. The van der Waals surface area contributed by atoms with Gasteiger partial charge in [0.05, 0.1) is 12.0 Å². The lowest BCUT2D eigenvalue weighted by molar-refractivity contribution is -0.119. The van der Waals surface area contributed by atoms with E-state index < -0.39 is 0 Å². The Kier molecular flexibility index (Phi) is 7.62. The van der Waals surface area contributed by atoms with Crippen molar-refractivity contribution in [3.05, 3.63) is 28.7 Å². The van der Waals surface area contributed by atoms with Gasteiger partial charge in [-0.15, -0.1) is 0 Å². The number of likely N-dealkylation sites (N-methyl/N-ethyl adjacent to an activating group) is 1. The maximum Gasteiger partial charge on any atom is 0.257 e. The summed E-state index contributed by atoms with van der Waals surface area (Å²) in [6.07, 6.45) is 1.70. The van der Waals surface area contributed by atoms with E-state index in [0.717, 1.165) is 17.3 Å². The Balaban J connectivity index is 3.07. The number of Topliss-reactive ketones (excluding diaryl/α,β-unsaturated/α-hetero) is 1. The van der Waals surface area contributed by atoms with E-state index in [0.29, 0.717) is 16.4 Å². The van der Waals surface area contributed by atoms with Crippen LogP contribution >= 0.6 is 24.0 Å². The number of rotatable bonds is 8.